The van der Waals surface area contributed by atoms with E-state index in [2.05, 4.69) is 14.7 Å². The molecule has 9 aromatic rings. The molecule has 3 aliphatic rings. The lowest BCUT2D eigenvalue weighted by molar-refractivity contribution is -0.166. The van der Waals surface area contributed by atoms with E-state index in [1.807, 2.05) is 158 Å². The van der Waals surface area contributed by atoms with Gasteiger partial charge >= 0.3 is 17.9 Å². The first-order valence-electron chi connectivity index (χ1n) is 37.5. The molecule has 3 saturated heterocycles. The van der Waals surface area contributed by atoms with Gasteiger partial charge in [-0.3, -0.25) is 14.7 Å². The number of aliphatic carboxylic acids is 1. The van der Waals surface area contributed by atoms with Gasteiger partial charge in [-0.15, -0.1) is 0 Å². The number of rotatable bonds is 29. The van der Waals surface area contributed by atoms with E-state index in [0.717, 1.165) is 142 Å². The highest BCUT2D eigenvalue weighted by molar-refractivity contribution is 5.78. The minimum atomic E-state index is -0.969. The summed E-state index contributed by atoms with van der Waals surface area (Å²) in [5.41, 5.74) is 7.72. The van der Waals surface area contributed by atoms with Crippen LogP contribution in [0.5, 0.6) is 34.5 Å². The second-order valence-electron chi connectivity index (χ2n) is 27.5. The molecule has 22 heteroatoms. The van der Waals surface area contributed by atoms with Gasteiger partial charge in [0.05, 0.1) is 48.8 Å². The van der Waals surface area contributed by atoms with Gasteiger partial charge in [-0.2, -0.15) is 0 Å². The van der Waals surface area contributed by atoms with Crippen molar-refractivity contribution in [1.82, 2.24) is 14.7 Å². The summed E-state index contributed by atoms with van der Waals surface area (Å²) < 4.78 is 101. The SMILES string of the molecule is C.C.C.COC(C(=O)O)c1ccccc1.COc1cccc(C(O)C2CCN(Cc3ccc(F)cc3)CC2)c1OC.COc1cccc(C(OC(=O)C(OC)c2ccccc2)C2CCN(Cc3ccc(F)cc3)CC2)c1OC.COc1cccc(C(OC(=O)C(OC)c2ccccc2)C2CCN(Cc3ccc(F)cc3)CC2)c1OC. The zero-order valence-electron chi connectivity index (χ0n) is 65.2. The summed E-state index contributed by atoms with van der Waals surface area (Å²) in [7, 11) is 14.0. The Balaban J connectivity index is 0.000000250. The molecule has 3 heterocycles. The van der Waals surface area contributed by atoms with Crippen molar-refractivity contribution in [3.05, 3.63) is 286 Å². The fraction of sp³-hybridized carbons (Fsp3) is 0.387. The molecule has 19 nitrogen and oxygen atoms in total. The van der Waals surface area contributed by atoms with E-state index >= 15 is 0 Å². The number of carbonyl (C=O) groups is 3. The van der Waals surface area contributed by atoms with Crippen LogP contribution in [0.15, 0.2) is 218 Å². The van der Waals surface area contributed by atoms with Crippen molar-refractivity contribution in [2.45, 2.75) is 117 Å². The third kappa shape index (κ3) is 26.4. The van der Waals surface area contributed by atoms with Crippen molar-refractivity contribution in [3.8, 4) is 34.5 Å². The van der Waals surface area contributed by atoms with Crippen molar-refractivity contribution in [3.63, 3.8) is 0 Å². The molecule has 0 spiro atoms. The Hall–Kier alpha value is -10.3. The summed E-state index contributed by atoms with van der Waals surface area (Å²) in [4.78, 5) is 44.5. The third-order valence-corrected chi connectivity index (χ3v) is 20.5. The summed E-state index contributed by atoms with van der Waals surface area (Å²) in [6.07, 6.45) is 0.928. The van der Waals surface area contributed by atoms with Crippen LogP contribution in [0.3, 0.4) is 0 Å². The number of ether oxygens (including phenoxy) is 11. The minimum Gasteiger partial charge on any atom is -0.493 e. The van der Waals surface area contributed by atoms with Crippen molar-refractivity contribution in [2.75, 3.05) is 103 Å². The Morgan fingerprint density at radius 1 is 0.348 bits per heavy atom. The number of aliphatic hydroxyl groups is 1. The van der Waals surface area contributed by atoms with Crippen LogP contribution in [-0.4, -0.2) is 146 Å². The van der Waals surface area contributed by atoms with Crippen LogP contribution >= 0.6 is 0 Å². The third-order valence-electron chi connectivity index (χ3n) is 20.5. The fourth-order valence-electron chi connectivity index (χ4n) is 14.7. The maximum Gasteiger partial charge on any atom is 0.340 e. The summed E-state index contributed by atoms with van der Waals surface area (Å²) in [6, 6.07) is 64.3. The minimum absolute atomic E-state index is 0. The second-order valence-corrected chi connectivity index (χ2v) is 27.5. The van der Waals surface area contributed by atoms with Crippen LogP contribution < -0.4 is 28.4 Å². The molecule has 6 atom stereocenters. The Labute approximate surface area is 677 Å². The quantitative estimate of drug-likeness (QED) is 0.0419. The molecule has 0 amide bonds. The van der Waals surface area contributed by atoms with Gasteiger partial charge < -0.3 is 62.3 Å². The first-order valence-corrected chi connectivity index (χ1v) is 37.5. The smallest absolute Gasteiger partial charge is 0.340 e. The van der Waals surface area contributed by atoms with Crippen molar-refractivity contribution in [2.24, 2.45) is 17.8 Å². The lowest BCUT2D eigenvalue weighted by Crippen LogP contribution is -2.36. The molecule has 620 valence electrons. The van der Waals surface area contributed by atoms with Gasteiger partial charge in [-0.05, 0) is 172 Å². The van der Waals surface area contributed by atoms with Crippen molar-refractivity contribution >= 4 is 17.9 Å². The number of methoxy groups -OCH3 is 9. The predicted octanol–water partition coefficient (Wildman–Crippen LogP) is 18.6. The number of carboxylic acids is 1. The van der Waals surface area contributed by atoms with Gasteiger partial charge in [0.15, 0.2) is 52.8 Å². The number of likely N-dealkylation sites (tertiary alicyclic amines) is 3. The molecule has 3 aliphatic heterocycles. The highest BCUT2D eigenvalue weighted by Gasteiger charge is 2.38. The number of aliphatic hydroxyl groups excluding tert-OH is 1. The zero-order chi connectivity index (χ0) is 79.9. The summed E-state index contributed by atoms with van der Waals surface area (Å²) in [5, 5.41) is 19.6. The largest absolute Gasteiger partial charge is 0.493 e. The molecule has 12 rings (SSSR count). The second kappa shape index (κ2) is 48.2. The van der Waals surface area contributed by atoms with Crippen LogP contribution in [-0.2, 0) is 57.7 Å². The zero-order valence-corrected chi connectivity index (χ0v) is 65.2. The van der Waals surface area contributed by atoms with Gasteiger partial charge in [0, 0.05) is 69.5 Å². The first kappa shape index (κ1) is 93.6. The molecule has 115 heavy (non-hydrogen) atoms. The normalized spacial score (nSPS) is 15.5. The van der Waals surface area contributed by atoms with Gasteiger partial charge in [-0.1, -0.05) is 186 Å². The van der Waals surface area contributed by atoms with Crippen molar-refractivity contribution in [1.29, 1.82) is 0 Å². The highest BCUT2D eigenvalue weighted by atomic mass is 19.1. The molecular weight excluding hydrogens is 1470 g/mol. The molecule has 0 aliphatic carbocycles. The van der Waals surface area contributed by atoms with E-state index in [4.69, 9.17) is 57.2 Å². The molecule has 3 fully saturated rings. The van der Waals surface area contributed by atoms with Crippen molar-refractivity contribution < 1.29 is 89.9 Å². The molecule has 0 saturated carbocycles. The number of carboxylic acid groups (broad SMARTS) is 1. The van der Waals surface area contributed by atoms with Gasteiger partial charge in [0.1, 0.15) is 29.7 Å². The number of carbonyl (C=O) groups excluding carboxylic acids is 2. The van der Waals surface area contributed by atoms with E-state index in [1.165, 1.54) is 57.7 Å². The Morgan fingerprint density at radius 2 is 0.617 bits per heavy atom. The number of hydrogen-bond donors (Lipinski definition) is 2. The van der Waals surface area contributed by atoms with Crippen LogP contribution in [0.2, 0.25) is 0 Å². The van der Waals surface area contributed by atoms with Crippen LogP contribution in [0.1, 0.15) is 147 Å². The molecule has 9 aromatic carbocycles. The Morgan fingerprint density at radius 3 is 0.887 bits per heavy atom. The maximum absolute atomic E-state index is 13.4. The van der Waals surface area contributed by atoms with E-state index in [-0.39, 0.29) is 57.5 Å². The lowest BCUT2D eigenvalue weighted by Gasteiger charge is -2.36. The number of halogens is 3. The monoisotopic (exact) mass is 1590 g/mol. The summed E-state index contributed by atoms with van der Waals surface area (Å²) >= 11 is 0. The number of benzene rings is 9. The van der Waals surface area contributed by atoms with Crippen LogP contribution in [0.25, 0.3) is 0 Å². The summed E-state index contributed by atoms with van der Waals surface area (Å²) in [6.45, 7) is 7.44. The molecule has 2 N–H and O–H groups in total. The molecular formula is C93H116F3N3O16. The van der Waals surface area contributed by atoms with E-state index < -0.39 is 54.5 Å². The number of nitrogens with zero attached hydrogens (tertiary/aromatic N) is 3. The van der Waals surface area contributed by atoms with E-state index in [0.29, 0.717) is 40.1 Å². The topological polar surface area (TPSA) is 203 Å². The molecule has 6 unspecified atom stereocenters. The summed E-state index contributed by atoms with van der Waals surface area (Å²) in [5.74, 6) is 1.33. The van der Waals surface area contributed by atoms with Gasteiger partial charge in [0.25, 0.3) is 0 Å². The standard InChI is InChI=1S/2C30H34FNO5.C21H26FNO3.C9H10O3.3CH4/c2*1-34-26-11-7-10-25(29(26)36-3)27(37-30(33)28(35-2)22-8-5-4-6-9-22)23-16-18-32(19-17-23)20-21-12-14-24(31)15-13-21;1-25-19-5-3-4-18(21(19)26-2)20(24)16-10-12-23(13-11-16)14-15-6-8-17(22)9-7-15;1-12-8(9(10)11)7-5-3-2-4-6-7;;;/h2*4-15,23,27-28H,16-20H2,1-3H3;3-9,16,20,24H,10-14H2,1-2H3;2-6,8H,1H3,(H,10,11);3*1H4. The maximum atomic E-state index is 13.4. The average molecular weight is 1590 g/mol. The number of hydrogen-bond acceptors (Lipinski definition) is 18. The van der Waals surface area contributed by atoms with Crippen LogP contribution in [0.4, 0.5) is 13.2 Å². The molecule has 0 aromatic heterocycles. The van der Waals surface area contributed by atoms with E-state index in [1.54, 1.807) is 66.9 Å². The van der Waals surface area contributed by atoms with Gasteiger partial charge in [0.2, 0.25) is 0 Å². The van der Waals surface area contributed by atoms with Gasteiger partial charge in [-0.25, -0.2) is 27.6 Å². The Bertz CT molecular complexity index is 4120. The average Bonchev–Trinajstić information content (AvgIpc) is 0.807. The van der Waals surface area contributed by atoms with Crippen LogP contribution in [0, 0.1) is 35.2 Å². The lowest BCUT2D eigenvalue weighted by atomic mass is 9.86. The number of para-hydroxylation sites is 3. The first-order chi connectivity index (χ1) is 54.4. The molecule has 0 radical (unpaired) electrons. The van der Waals surface area contributed by atoms with E-state index in [9.17, 15) is 32.7 Å². The number of piperidine rings is 3. The fourth-order valence-corrected chi connectivity index (χ4v) is 14.7. The highest BCUT2D eigenvalue weighted by Crippen LogP contribution is 2.46. The Kier molecular flexibility index (Phi) is 39.2. The predicted molar refractivity (Wildman–Crippen MR) is 441 cm³/mol. The molecule has 0 bridgehead atoms. The number of esters is 2.